The summed E-state index contributed by atoms with van der Waals surface area (Å²) >= 11 is 0. The molecule has 0 bridgehead atoms. The molecule has 88 valence electrons. The molecule has 1 rings (SSSR count). The fourth-order valence-electron chi connectivity index (χ4n) is 1.39. The zero-order valence-electron chi connectivity index (χ0n) is 9.23. The van der Waals surface area contributed by atoms with Gasteiger partial charge in [0.1, 0.15) is 0 Å². The maximum atomic E-state index is 11.9. The van der Waals surface area contributed by atoms with Crippen LogP contribution < -0.4 is 5.73 Å². The summed E-state index contributed by atoms with van der Waals surface area (Å²) in [4.78, 5) is 0. The number of sulfonamides is 1. The van der Waals surface area contributed by atoms with Crippen LogP contribution in [0.3, 0.4) is 0 Å². The molecule has 3 N–H and O–H groups in total. The zero-order valence-corrected chi connectivity index (χ0v) is 10.0. The number of hydrogen-bond acceptors (Lipinski definition) is 3. The minimum Gasteiger partial charge on any atom is -0.387 e. The lowest BCUT2D eigenvalue weighted by Crippen LogP contribution is -2.40. The molecule has 15 heavy (non-hydrogen) atoms. The smallest absolute Gasteiger partial charge is 0.216 e. The minimum absolute atomic E-state index is 0.0412. The monoisotopic (exact) mass is 233 g/mol. The number of nitrogens with two attached hydrogens (primary N) is 1. The molecule has 1 atom stereocenters. The Kier molecular flexibility index (Phi) is 3.72. The Hall–Kier alpha value is -0.620. The summed E-state index contributed by atoms with van der Waals surface area (Å²) in [5.41, 5.74) is 5.34. The first-order valence-corrected chi connectivity index (χ1v) is 6.72. The fourth-order valence-corrected chi connectivity index (χ4v) is 3.34. The first-order valence-electron chi connectivity index (χ1n) is 5.22. The minimum atomic E-state index is -3.13. The molecule has 1 fully saturated rings. The molecule has 0 saturated heterocycles. The Morgan fingerprint density at radius 3 is 2.47 bits per heavy atom. The van der Waals surface area contributed by atoms with Crippen LogP contribution in [0.25, 0.3) is 0 Å². The van der Waals surface area contributed by atoms with Crippen LogP contribution in [-0.2, 0) is 10.0 Å². The second kappa shape index (κ2) is 4.49. The first kappa shape index (κ1) is 12.4. The van der Waals surface area contributed by atoms with Crippen molar-refractivity contribution in [2.45, 2.75) is 31.9 Å². The molecule has 0 heterocycles. The summed E-state index contributed by atoms with van der Waals surface area (Å²) in [6.45, 7) is 4.36. The predicted octanol–water partition coefficient (Wildman–Crippen LogP) is 0.373. The topological polar surface area (TPSA) is 87.2 Å². The Morgan fingerprint density at radius 1 is 1.60 bits per heavy atom. The Labute approximate surface area is 91.2 Å². The average Bonchev–Trinajstić information content (AvgIpc) is 2.95. The van der Waals surface area contributed by atoms with E-state index in [1.54, 1.807) is 6.92 Å². The van der Waals surface area contributed by atoms with Crippen LogP contribution in [0.1, 0.15) is 26.7 Å². The molecule has 0 spiro atoms. The summed E-state index contributed by atoms with van der Waals surface area (Å²) in [5.74, 6) is -0.169. The SMILES string of the molecule is CCN(CC(C)C(=N)N)S(=O)(=O)C1CC1. The Morgan fingerprint density at radius 2 is 2.13 bits per heavy atom. The van der Waals surface area contributed by atoms with Crippen molar-refractivity contribution in [2.75, 3.05) is 13.1 Å². The average molecular weight is 233 g/mol. The molecule has 0 aliphatic heterocycles. The molecule has 1 aliphatic rings. The molecule has 1 saturated carbocycles. The third kappa shape index (κ3) is 2.92. The van der Waals surface area contributed by atoms with E-state index < -0.39 is 10.0 Å². The molecule has 0 amide bonds. The predicted molar refractivity (Wildman–Crippen MR) is 60.3 cm³/mol. The lowest BCUT2D eigenvalue weighted by atomic mass is 10.1. The van der Waals surface area contributed by atoms with E-state index in [2.05, 4.69) is 0 Å². The Bertz CT molecular complexity index is 335. The van der Waals surface area contributed by atoms with Gasteiger partial charge in [-0.2, -0.15) is 0 Å². The van der Waals surface area contributed by atoms with Crippen LogP contribution in [-0.4, -0.2) is 36.9 Å². The van der Waals surface area contributed by atoms with Crippen molar-refractivity contribution in [3.63, 3.8) is 0 Å². The van der Waals surface area contributed by atoms with E-state index in [9.17, 15) is 8.42 Å². The second-order valence-electron chi connectivity index (χ2n) is 4.05. The first-order chi connectivity index (χ1) is 6.89. The molecule has 0 aromatic rings. The van der Waals surface area contributed by atoms with E-state index in [1.807, 2.05) is 6.92 Å². The van der Waals surface area contributed by atoms with E-state index in [-0.39, 0.29) is 17.0 Å². The lowest BCUT2D eigenvalue weighted by Gasteiger charge is -2.23. The van der Waals surface area contributed by atoms with Gasteiger partial charge in [-0.05, 0) is 12.8 Å². The van der Waals surface area contributed by atoms with Gasteiger partial charge in [-0.15, -0.1) is 0 Å². The summed E-state index contributed by atoms with van der Waals surface area (Å²) in [6.07, 6.45) is 1.54. The second-order valence-corrected chi connectivity index (χ2v) is 6.26. The summed E-state index contributed by atoms with van der Waals surface area (Å²) < 4.78 is 25.2. The molecule has 6 heteroatoms. The van der Waals surface area contributed by atoms with Crippen LogP contribution in [0, 0.1) is 11.3 Å². The van der Waals surface area contributed by atoms with Gasteiger partial charge in [0, 0.05) is 19.0 Å². The summed E-state index contributed by atoms with van der Waals surface area (Å²) in [5, 5.41) is 7.07. The highest BCUT2D eigenvalue weighted by Crippen LogP contribution is 2.31. The van der Waals surface area contributed by atoms with Crippen LogP contribution >= 0.6 is 0 Å². The third-order valence-corrected chi connectivity index (χ3v) is 5.11. The quantitative estimate of drug-likeness (QED) is 0.513. The van der Waals surface area contributed by atoms with Crippen molar-refractivity contribution >= 4 is 15.9 Å². The van der Waals surface area contributed by atoms with Gasteiger partial charge < -0.3 is 5.73 Å². The van der Waals surface area contributed by atoms with E-state index in [1.165, 1.54) is 4.31 Å². The van der Waals surface area contributed by atoms with Gasteiger partial charge >= 0.3 is 0 Å². The van der Waals surface area contributed by atoms with Gasteiger partial charge in [0.25, 0.3) is 0 Å². The number of amidine groups is 1. The van der Waals surface area contributed by atoms with Gasteiger partial charge in [-0.1, -0.05) is 13.8 Å². The van der Waals surface area contributed by atoms with Crippen LogP contribution in [0.2, 0.25) is 0 Å². The molecule has 0 radical (unpaired) electrons. The zero-order chi connectivity index (χ0) is 11.6. The largest absolute Gasteiger partial charge is 0.387 e. The standard InChI is InChI=1S/C9H19N3O2S/c1-3-12(6-7(2)9(10)11)15(13,14)8-4-5-8/h7-8H,3-6H2,1-2H3,(H3,10,11). The molecular formula is C9H19N3O2S. The third-order valence-electron chi connectivity index (χ3n) is 2.67. The molecule has 1 aliphatic carbocycles. The lowest BCUT2D eigenvalue weighted by molar-refractivity contribution is 0.403. The van der Waals surface area contributed by atoms with Gasteiger partial charge in [-0.3, -0.25) is 5.41 Å². The number of hydrogen-bond donors (Lipinski definition) is 2. The van der Waals surface area contributed by atoms with Gasteiger partial charge in [0.15, 0.2) is 0 Å². The molecule has 0 aromatic carbocycles. The molecule has 5 nitrogen and oxygen atoms in total. The normalized spacial score (nSPS) is 19.1. The van der Waals surface area contributed by atoms with E-state index in [0.29, 0.717) is 13.1 Å². The van der Waals surface area contributed by atoms with Crippen molar-refractivity contribution < 1.29 is 8.42 Å². The van der Waals surface area contributed by atoms with E-state index in [0.717, 1.165) is 12.8 Å². The number of nitrogens with zero attached hydrogens (tertiary/aromatic N) is 1. The highest BCUT2D eigenvalue weighted by molar-refractivity contribution is 7.90. The van der Waals surface area contributed by atoms with Crippen molar-refractivity contribution in [1.29, 1.82) is 5.41 Å². The van der Waals surface area contributed by atoms with Gasteiger partial charge in [0.05, 0.1) is 11.1 Å². The maximum absolute atomic E-state index is 11.9. The van der Waals surface area contributed by atoms with Crippen molar-refractivity contribution in [1.82, 2.24) is 4.31 Å². The van der Waals surface area contributed by atoms with Gasteiger partial charge in [0.2, 0.25) is 10.0 Å². The van der Waals surface area contributed by atoms with Crippen molar-refractivity contribution in [3.05, 3.63) is 0 Å². The van der Waals surface area contributed by atoms with Crippen LogP contribution in [0.5, 0.6) is 0 Å². The van der Waals surface area contributed by atoms with E-state index >= 15 is 0 Å². The molecule has 0 aromatic heterocycles. The van der Waals surface area contributed by atoms with Crippen LogP contribution in [0.15, 0.2) is 0 Å². The summed E-state index contributed by atoms with van der Waals surface area (Å²) in [6, 6.07) is 0. The number of nitrogens with one attached hydrogen (secondary N) is 1. The highest BCUT2D eigenvalue weighted by Gasteiger charge is 2.39. The van der Waals surface area contributed by atoms with Crippen molar-refractivity contribution in [2.24, 2.45) is 11.7 Å². The van der Waals surface area contributed by atoms with Crippen molar-refractivity contribution in [3.8, 4) is 0 Å². The maximum Gasteiger partial charge on any atom is 0.216 e. The number of rotatable bonds is 6. The fraction of sp³-hybridized carbons (Fsp3) is 0.889. The van der Waals surface area contributed by atoms with E-state index in [4.69, 9.17) is 11.1 Å². The summed E-state index contributed by atoms with van der Waals surface area (Å²) in [7, 11) is -3.13. The highest BCUT2D eigenvalue weighted by atomic mass is 32.2. The van der Waals surface area contributed by atoms with Crippen LogP contribution in [0.4, 0.5) is 0 Å². The Balaban J connectivity index is 2.67. The molecule has 1 unspecified atom stereocenters. The van der Waals surface area contributed by atoms with Gasteiger partial charge in [-0.25, -0.2) is 12.7 Å². The molecular weight excluding hydrogens is 214 g/mol.